The van der Waals surface area contributed by atoms with Gasteiger partial charge < -0.3 is 9.64 Å². The van der Waals surface area contributed by atoms with Crippen molar-refractivity contribution in [2.45, 2.75) is 45.4 Å². The highest BCUT2D eigenvalue weighted by atomic mass is 16.5. The van der Waals surface area contributed by atoms with E-state index in [1.54, 1.807) is 0 Å². The molecule has 3 heterocycles. The number of ketones is 1. The van der Waals surface area contributed by atoms with Gasteiger partial charge in [-0.2, -0.15) is 9.98 Å². The van der Waals surface area contributed by atoms with Gasteiger partial charge in [0, 0.05) is 25.1 Å². The number of amidine groups is 1. The number of ether oxygens (including phenoxy) is 1. The van der Waals surface area contributed by atoms with Gasteiger partial charge >= 0.3 is 0 Å². The Morgan fingerprint density at radius 2 is 1.74 bits per heavy atom. The van der Waals surface area contributed by atoms with Crippen LogP contribution in [0.1, 0.15) is 51.0 Å². The van der Waals surface area contributed by atoms with Gasteiger partial charge in [0.2, 0.25) is 5.96 Å². The van der Waals surface area contributed by atoms with Gasteiger partial charge in [0.1, 0.15) is 17.5 Å². The zero-order valence-corrected chi connectivity index (χ0v) is 17.8. The molecule has 1 saturated heterocycles. The molecule has 1 aromatic rings. The normalized spacial score (nSPS) is 23.6. The lowest BCUT2D eigenvalue weighted by Gasteiger charge is -2.33. The van der Waals surface area contributed by atoms with E-state index < -0.39 is 5.92 Å². The summed E-state index contributed by atoms with van der Waals surface area (Å²) in [4.78, 5) is 42.1. The van der Waals surface area contributed by atoms with Crippen molar-refractivity contribution in [1.82, 2.24) is 4.90 Å². The van der Waals surface area contributed by atoms with E-state index in [0.717, 1.165) is 55.8 Å². The standard InChI is InChI=1S/C24H26N4O3/c1-2-31-16-11-9-15(10-12-16)19-20-17(7-6-8-18(20)29)25-22-21(19)23(30)27-24(26-22)28-13-4-3-5-14-28/h9-12,21H,2-8,13-14H2,1H3. The number of fused-ring (bicyclic) bond motifs is 2. The molecule has 31 heavy (non-hydrogen) atoms. The Balaban J connectivity index is 1.59. The predicted molar refractivity (Wildman–Crippen MR) is 120 cm³/mol. The largest absolute Gasteiger partial charge is 0.494 e. The van der Waals surface area contributed by atoms with Gasteiger partial charge in [0.15, 0.2) is 5.78 Å². The zero-order valence-electron chi connectivity index (χ0n) is 17.8. The molecule has 0 N–H and O–H groups in total. The molecule has 1 aromatic carbocycles. The van der Waals surface area contributed by atoms with E-state index in [0.29, 0.717) is 36.0 Å². The summed E-state index contributed by atoms with van der Waals surface area (Å²) < 4.78 is 5.56. The molecular formula is C24H26N4O3. The first-order valence-corrected chi connectivity index (χ1v) is 11.2. The van der Waals surface area contributed by atoms with Crippen LogP contribution >= 0.6 is 0 Å². The summed E-state index contributed by atoms with van der Waals surface area (Å²) in [5.74, 6) is 0.725. The van der Waals surface area contributed by atoms with Crippen molar-refractivity contribution in [3.05, 3.63) is 35.4 Å². The summed E-state index contributed by atoms with van der Waals surface area (Å²) in [6.45, 7) is 4.23. The second-order valence-corrected chi connectivity index (χ2v) is 8.28. The minimum atomic E-state index is -0.729. The molecule has 0 aromatic heterocycles. The first kappa shape index (κ1) is 19.8. The van der Waals surface area contributed by atoms with Crippen LogP contribution in [0.2, 0.25) is 0 Å². The molecule has 0 spiro atoms. The van der Waals surface area contributed by atoms with E-state index in [2.05, 4.69) is 9.89 Å². The number of rotatable bonds is 3. The van der Waals surface area contributed by atoms with Crippen molar-refractivity contribution in [3.63, 3.8) is 0 Å². The number of benzene rings is 1. The van der Waals surface area contributed by atoms with Crippen molar-refractivity contribution in [2.24, 2.45) is 20.9 Å². The van der Waals surface area contributed by atoms with Crippen LogP contribution in [0.25, 0.3) is 5.57 Å². The third-order valence-electron chi connectivity index (χ3n) is 6.24. The number of carbonyl (C=O) groups is 2. The number of Topliss-reactive ketones (excluding diaryl/α,β-unsaturated/α-hetero) is 1. The van der Waals surface area contributed by atoms with Crippen molar-refractivity contribution in [3.8, 4) is 5.75 Å². The number of guanidine groups is 1. The molecule has 0 bridgehead atoms. The predicted octanol–water partition coefficient (Wildman–Crippen LogP) is 3.44. The van der Waals surface area contributed by atoms with Gasteiger partial charge in [-0.05, 0) is 62.3 Å². The van der Waals surface area contributed by atoms with Crippen LogP contribution in [-0.4, -0.2) is 53.8 Å². The molecule has 0 radical (unpaired) electrons. The van der Waals surface area contributed by atoms with Gasteiger partial charge in [-0.3, -0.25) is 9.59 Å². The van der Waals surface area contributed by atoms with Crippen LogP contribution in [0, 0.1) is 5.92 Å². The number of allylic oxidation sites excluding steroid dienone is 1. The van der Waals surface area contributed by atoms with Crippen LogP contribution in [0.15, 0.2) is 44.8 Å². The number of aliphatic imine (C=N–C) groups is 3. The minimum Gasteiger partial charge on any atom is -0.494 e. The lowest BCUT2D eigenvalue weighted by molar-refractivity contribution is -0.118. The highest BCUT2D eigenvalue weighted by Crippen LogP contribution is 2.39. The molecule has 7 heteroatoms. The second kappa shape index (κ2) is 8.21. The fourth-order valence-corrected chi connectivity index (χ4v) is 4.78. The Bertz CT molecular complexity index is 1040. The number of carbonyl (C=O) groups excluding carboxylic acids is 2. The molecule has 3 aliphatic heterocycles. The molecule has 1 saturated carbocycles. The van der Waals surface area contributed by atoms with Crippen LogP contribution in [-0.2, 0) is 9.59 Å². The van der Waals surface area contributed by atoms with Crippen molar-refractivity contribution in [2.75, 3.05) is 19.7 Å². The highest BCUT2D eigenvalue weighted by Gasteiger charge is 2.42. The lowest BCUT2D eigenvalue weighted by Crippen LogP contribution is -2.42. The molecule has 5 rings (SSSR count). The molecule has 160 valence electrons. The molecule has 4 aliphatic rings. The van der Waals surface area contributed by atoms with Crippen molar-refractivity contribution >= 4 is 34.8 Å². The number of likely N-dealkylation sites (tertiary alicyclic amines) is 1. The Morgan fingerprint density at radius 1 is 0.968 bits per heavy atom. The molecule has 1 atom stereocenters. The Morgan fingerprint density at radius 3 is 2.48 bits per heavy atom. The number of amides is 1. The zero-order chi connectivity index (χ0) is 21.4. The average molecular weight is 418 g/mol. The maximum absolute atomic E-state index is 13.3. The molecular weight excluding hydrogens is 392 g/mol. The van der Waals surface area contributed by atoms with E-state index in [4.69, 9.17) is 14.7 Å². The summed E-state index contributed by atoms with van der Waals surface area (Å²) in [5.41, 5.74) is 2.86. The minimum absolute atomic E-state index is 0.0477. The number of dihydropyridines is 1. The highest BCUT2D eigenvalue weighted by molar-refractivity contribution is 6.37. The van der Waals surface area contributed by atoms with Gasteiger partial charge in [-0.1, -0.05) is 12.1 Å². The first-order chi connectivity index (χ1) is 15.2. The number of piperidine rings is 1. The Labute approximate surface area is 181 Å². The fraction of sp³-hybridized carbons (Fsp3) is 0.458. The summed E-state index contributed by atoms with van der Waals surface area (Å²) >= 11 is 0. The van der Waals surface area contributed by atoms with Gasteiger partial charge in [0.05, 0.1) is 12.3 Å². The maximum atomic E-state index is 13.3. The van der Waals surface area contributed by atoms with E-state index in [9.17, 15) is 9.59 Å². The van der Waals surface area contributed by atoms with Crippen LogP contribution in [0.4, 0.5) is 0 Å². The van der Waals surface area contributed by atoms with E-state index in [1.807, 2.05) is 31.2 Å². The topological polar surface area (TPSA) is 83.7 Å². The quantitative estimate of drug-likeness (QED) is 0.753. The lowest BCUT2D eigenvalue weighted by atomic mass is 9.77. The number of hydrogen-bond acceptors (Lipinski definition) is 6. The van der Waals surface area contributed by atoms with E-state index >= 15 is 0 Å². The monoisotopic (exact) mass is 418 g/mol. The van der Waals surface area contributed by atoms with Gasteiger partial charge in [-0.25, -0.2) is 4.99 Å². The van der Waals surface area contributed by atoms with Crippen molar-refractivity contribution < 1.29 is 14.3 Å². The second-order valence-electron chi connectivity index (χ2n) is 8.28. The third-order valence-corrected chi connectivity index (χ3v) is 6.24. The molecule has 2 fully saturated rings. The van der Waals surface area contributed by atoms with E-state index in [1.165, 1.54) is 6.42 Å². The Kier molecular flexibility index (Phi) is 5.26. The van der Waals surface area contributed by atoms with Crippen molar-refractivity contribution in [1.29, 1.82) is 0 Å². The van der Waals surface area contributed by atoms with Gasteiger partial charge in [0.25, 0.3) is 5.91 Å². The summed E-state index contributed by atoms with van der Waals surface area (Å²) in [5, 5.41) is 0. The van der Waals surface area contributed by atoms with Crippen LogP contribution in [0.3, 0.4) is 0 Å². The smallest absolute Gasteiger partial charge is 0.264 e. The molecule has 1 aliphatic carbocycles. The Hall–Kier alpha value is -3.09. The van der Waals surface area contributed by atoms with Crippen LogP contribution in [0.5, 0.6) is 5.75 Å². The molecule has 1 amide bonds. The number of hydrogen-bond donors (Lipinski definition) is 0. The summed E-state index contributed by atoms with van der Waals surface area (Å²) in [6.07, 6.45) is 5.31. The molecule has 1 unspecified atom stereocenters. The fourth-order valence-electron chi connectivity index (χ4n) is 4.78. The van der Waals surface area contributed by atoms with E-state index in [-0.39, 0.29) is 11.7 Å². The van der Waals surface area contributed by atoms with Crippen LogP contribution < -0.4 is 4.74 Å². The summed E-state index contributed by atoms with van der Waals surface area (Å²) in [6, 6.07) is 7.56. The number of nitrogens with zero attached hydrogens (tertiary/aromatic N) is 4. The third kappa shape index (κ3) is 3.62. The maximum Gasteiger partial charge on any atom is 0.264 e. The summed E-state index contributed by atoms with van der Waals surface area (Å²) in [7, 11) is 0. The first-order valence-electron chi connectivity index (χ1n) is 11.2. The molecule has 7 nitrogen and oxygen atoms in total. The van der Waals surface area contributed by atoms with Gasteiger partial charge in [-0.15, -0.1) is 0 Å². The SMILES string of the molecule is CCOc1ccc(C2=C3C(=O)CCCC3=NC3=NC(N4CCCCC4)=NC(=O)C32)cc1. The average Bonchev–Trinajstić information content (AvgIpc) is 2.79.